The molecule has 0 spiro atoms. The van der Waals surface area contributed by atoms with Crippen molar-refractivity contribution in [2.45, 2.75) is 12.5 Å². The third kappa shape index (κ3) is 2.41. The molecule has 92 valence electrons. The van der Waals surface area contributed by atoms with E-state index in [1.54, 1.807) is 11.1 Å². The Kier molecular flexibility index (Phi) is 3.93. The standard InChI is InChI=1S/C12H15NO3S/c1-16-7-6-9(8-14)13-12(15)10-4-2-3-5-11(10)17-13/h2-5,9,14H,6-8H2,1H3. The van der Waals surface area contributed by atoms with Crippen LogP contribution in [0.3, 0.4) is 0 Å². The Morgan fingerprint density at radius 1 is 1.47 bits per heavy atom. The molecule has 1 unspecified atom stereocenters. The molecular weight excluding hydrogens is 238 g/mol. The number of aromatic nitrogens is 1. The highest BCUT2D eigenvalue weighted by Crippen LogP contribution is 2.21. The number of rotatable bonds is 5. The lowest BCUT2D eigenvalue weighted by atomic mass is 10.2. The molecule has 2 aromatic rings. The van der Waals surface area contributed by atoms with E-state index >= 15 is 0 Å². The van der Waals surface area contributed by atoms with Crippen molar-refractivity contribution >= 4 is 21.6 Å². The molecule has 5 heteroatoms. The van der Waals surface area contributed by atoms with Crippen molar-refractivity contribution in [1.82, 2.24) is 3.96 Å². The molecule has 1 heterocycles. The average Bonchev–Trinajstić information content (AvgIpc) is 2.69. The zero-order valence-corrected chi connectivity index (χ0v) is 10.4. The smallest absolute Gasteiger partial charge is 0.268 e. The highest BCUT2D eigenvalue weighted by molar-refractivity contribution is 7.13. The molecule has 1 N–H and O–H groups in total. The predicted molar refractivity (Wildman–Crippen MR) is 68.7 cm³/mol. The van der Waals surface area contributed by atoms with Crippen LogP contribution in [0.2, 0.25) is 0 Å². The molecule has 1 aromatic heterocycles. The topological polar surface area (TPSA) is 51.5 Å². The summed E-state index contributed by atoms with van der Waals surface area (Å²) in [7, 11) is 1.61. The molecule has 0 saturated heterocycles. The second-order valence-corrected chi connectivity index (χ2v) is 4.85. The fraction of sp³-hybridized carbons (Fsp3) is 0.417. The average molecular weight is 253 g/mol. The van der Waals surface area contributed by atoms with Crippen LogP contribution in [0.4, 0.5) is 0 Å². The second kappa shape index (κ2) is 5.44. The second-order valence-electron chi connectivity index (χ2n) is 3.84. The van der Waals surface area contributed by atoms with Gasteiger partial charge < -0.3 is 9.84 Å². The number of aliphatic hydroxyl groups is 1. The van der Waals surface area contributed by atoms with Crippen LogP contribution in [0.5, 0.6) is 0 Å². The minimum atomic E-state index is -0.195. The van der Waals surface area contributed by atoms with Crippen molar-refractivity contribution in [3.63, 3.8) is 0 Å². The van der Waals surface area contributed by atoms with Crippen molar-refractivity contribution in [2.24, 2.45) is 0 Å². The number of methoxy groups -OCH3 is 1. The first kappa shape index (κ1) is 12.3. The Balaban J connectivity index is 2.40. The molecule has 0 amide bonds. The first-order valence-electron chi connectivity index (χ1n) is 5.48. The molecular formula is C12H15NO3S. The molecule has 17 heavy (non-hydrogen) atoms. The van der Waals surface area contributed by atoms with Gasteiger partial charge >= 0.3 is 0 Å². The number of fused-ring (bicyclic) bond motifs is 1. The van der Waals surface area contributed by atoms with Crippen LogP contribution in [0, 0.1) is 0 Å². The molecule has 4 nitrogen and oxygen atoms in total. The third-order valence-corrected chi connectivity index (χ3v) is 3.93. The van der Waals surface area contributed by atoms with Gasteiger partial charge in [-0.25, -0.2) is 0 Å². The van der Waals surface area contributed by atoms with E-state index in [0.29, 0.717) is 18.4 Å². The molecule has 0 aliphatic rings. The zero-order chi connectivity index (χ0) is 12.3. The number of benzene rings is 1. The summed E-state index contributed by atoms with van der Waals surface area (Å²) in [4.78, 5) is 12.1. The molecule has 1 atom stereocenters. The SMILES string of the molecule is COCCC(CO)n1sc2ccccc2c1=O. The Morgan fingerprint density at radius 3 is 2.88 bits per heavy atom. The van der Waals surface area contributed by atoms with Crippen LogP contribution in [0.15, 0.2) is 29.1 Å². The van der Waals surface area contributed by atoms with E-state index in [1.165, 1.54) is 11.5 Å². The molecule has 2 rings (SSSR count). The predicted octanol–water partition coefficient (Wildman–Crippen LogP) is 1.63. The van der Waals surface area contributed by atoms with Gasteiger partial charge in [0.1, 0.15) is 0 Å². The highest BCUT2D eigenvalue weighted by Gasteiger charge is 2.15. The number of nitrogens with zero attached hydrogens (tertiary/aromatic N) is 1. The number of hydrogen-bond acceptors (Lipinski definition) is 4. The Morgan fingerprint density at radius 2 is 2.24 bits per heavy atom. The molecule has 0 aliphatic carbocycles. The van der Waals surface area contributed by atoms with Gasteiger partial charge in [-0.2, -0.15) is 0 Å². The van der Waals surface area contributed by atoms with Crippen LogP contribution in [0.25, 0.3) is 10.1 Å². The van der Waals surface area contributed by atoms with E-state index in [2.05, 4.69) is 0 Å². The summed E-state index contributed by atoms with van der Waals surface area (Å²) in [5.41, 5.74) is -0.0271. The summed E-state index contributed by atoms with van der Waals surface area (Å²) >= 11 is 1.40. The maximum absolute atomic E-state index is 12.1. The Labute approximate surface area is 103 Å². The maximum Gasteiger partial charge on any atom is 0.268 e. The van der Waals surface area contributed by atoms with E-state index in [0.717, 1.165) is 4.70 Å². The van der Waals surface area contributed by atoms with Crippen LogP contribution in [0.1, 0.15) is 12.5 Å². The molecule has 1 aromatic carbocycles. The number of ether oxygens (including phenoxy) is 1. The van der Waals surface area contributed by atoms with Crippen molar-refractivity contribution in [3.8, 4) is 0 Å². The minimum absolute atomic E-state index is 0.0271. The van der Waals surface area contributed by atoms with Crippen LogP contribution in [-0.2, 0) is 4.74 Å². The molecule has 0 fully saturated rings. The fourth-order valence-corrected chi connectivity index (χ4v) is 2.87. The first-order chi connectivity index (χ1) is 8.27. The maximum atomic E-state index is 12.1. The summed E-state index contributed by atoms with van der Waals surface area (Å²) < 4.78 is 7.58. The van der Waals surface area contributed by atoms with Gasteiger partial charge in [0.25, 0.3) is 5.56 Å². The van der Waals surface area contributed by atoms with Crippen LogP contribution < -0.4 is 5.56 Å². The van der Waals surface area contributed by atoms with Gasteiger partial charge in [0.05, 0.1) is 22.7 Å². The summed E-state index contributed by atoms with van der Waals surface area (Å²) in [6.45, 7) is 0.488. The monoisotopic (exact) mass is 253 g/mol. The van der Waals surface area contributed by atoms with E-state index < -0.39 is 0 Å². The van der Waals surface area contributed by atoms with Crippen molar-refractivity contribution in [2.75, 3.05) is 20.3 Å². The van der Waals surface area contributed by atoms with Gasteiger partial charge in [-0.1, -0.05) is 23.7 Å². The van der Waals surface area contributed by atoms with Gasteiger partial charge in [-0.05, 0) is 18.6 Å². The quantitative estimate of drug-likeness (QED) is 0.881. The minimum Gasteiger partial charge on any atom is -0.394 e. The van der Waals surface area contributed by atoms with E-state index in [4.69, 9.17) is 4.74 Å². The van der Waals surface area contributed by atoms with E-state index in [-0.39, 0.29) is 18.2 Å². The summed E-state index contributed by atoms with van der Waals surface area (Å²) in [5, 5.41) is 10.1. The lowest BCUT2D eigenvalue weighted by Crippen LogP contribution is -2.23. The third-order valence-electron chi connectivity index (χ3n) is 2.71. The largest absolute Gasteiger partial charge is 0.394 e. The lowest BCUT2D eigenvalue weighted by Gasteiger charge is -2.13. The molecule has 0 radical (unpaired) electrons. The molecule has 0 bridgehead atoms. The summed E-state index contributed by atoms with van der Waals surface area (Å²) in [5.74, 6) is 0. The fourth-order valence-electron chi connectivity index (χ4n) is 1.77. The normalized spacial score (nSPS) is 13.1. The van der Waals surface area contributed by atoms with Crippen LogP contribution >= 0.6 is 11.5 Å². The Hall–Kier alpha value is -1.17. The molecule has 0 aliphatic heterocycles. The van der Waals surface area contributed by atoms with E-state index in [1.807, 2.05) is 24.3 Å². The first-order valence-corrected chi connectivity index (χ1v) is 6.25. The summed E-state index contributed by atoms with van der Waals surface area (Å²) in [6, 6.07) is 7.30. The zero-order valence-electron chi connectivity index (χ0n) is 9.63. The number of aliphatic hydroxyl groups excluding tert-OH is 1. The van der Waals surface area contributed by atoms with Gasteiger partial charge in [-0.15, -0.1) is 0 Å². The van der Waals surface area contributed by atoms with E-state index in [9.17, 15) is 9.90 Å². The lowest BCUT2D eigenvalue weighted by molar-refractivity contribution is 0.153. The molecule has 0 saturated carbocycles. The van der Waals surface area contributed by atoms with Crippen LogP contribution in [-0.4, -0.2) is 29.4 Å². The highest BCUT2D eigenvalue weighted by atomic mass is 32.1. The van der Waals surface area contributed by atoms with Gasteiger partial charge in [-0.3, -0.25) is 8.75 Å². The number of hydrogen-bond donors (Lipinski definition) is 1. The van der Waals surface area contributed by atoms with Gasteiger partial charge in [0.15, 0.2) is 0 Å². The van der Waals surface area contributed by atoms with Crippen molar-refractivity contribution in [3.05, 3.63) is 34.6 Å². The summed E-state index contributed by atoms with van der Waals surface area (Å²) in [6.07, 6.45) is 0.639. The van der Waals surface area contributed by atoms with Gasteiger partial charge in [0, 0.05) is 13.7 Å². The van der Waals surface area contributed by atoms with Gasteiger partial charge in [0.2, 0.25) is 0 Å². The van der Waals surface area contributed by atoms with Crippen molar-refractivity contribution < 1.29 is 9.84 Å². The Bertz CT molecular complexity index is 546. The van der Waals surface area contributed by atoms with Crippen molar-refractivity contribution in [1.29, 1.82) is 0 Å².